The maximum absolute atomic E-state index is 12.8. The molecule has 0 heterocycles. The molecule has 0 fully saturated rings. The largest absolute Gasteiger partial charge is 0.384 e. The highest BCUT2D eigenvalue weighted by Gasteiger charge is 2.30. The van der Waals surface area contributed by atoms with Gasteiger partial charge < -0.3 is 10.4 Å². The number of hydrogen-bond acceptors (Lipinski definition) is 4. The number of benzene rings is 2. The van der Waals surface area contributed by atoms with E-state index >= 15 is 0 Å². The maximum atomic E-state index is 12.8. The summed E-state index contributed by atoms with van der Waals surface area (Å²) in [6.45, 7) is 1.37. The Bertz CT molecular complexity index is 826. The summed E-state index contributed by atoms with van der Waals surface area (Å²) in [5, 5.41) is 13.7. The lowest BCUT2D eigenvalue weighted by atomic mass is 9.96. The van der Waals surface area contributed by atoms with Crippen molar-refractivity contribution in [2.24, 2.45) is 0 Å². The molecular formula is C16H16ClF2NO3S. The summed E-state index contributed by atoms with van der Waals surface area (Å²) >= 11 is 6.05. The van der Waals surface area contributed by atoms with Crippen LogP contribution in [0.3, 0.4) is 0 Å². The normalized spacial score (nSPS) is 14.4. The van der Waals surface area contributed by atoms with Crippen molar-refractivity contribution < 1.29 is 22.3 Å². The molecule has 0 aliphatic carbocycles. The molecule has 8 heteroatoms. The Balaban J connectivity index is 2.29. The summed E-state index contributed by atoms with van der Waals surface area (Å²) in [5.41, 5.74) is -1.00. The van der Waals surface area contributed by atoms with Gasteiger partial charge >= 0.3 is 5.76 Å². The van der Waals surface area contributed by atoms with Crippen LogP contribution in [0.5, 0.6) is 0 Å². The number of nitrogens with one attached hydrogen (secondary N) is 1. The zero-order chi connectivity index (χ0) is 18.0. The topological polar surface area (TPSA) is 66.4 Å². The van der Waals surface area contributed by atoms with Gasteiger partial charge in [-0.3, -0.25) is 0 Å². The maximum Gasteiger partial charge on any atom is 0.341 e. The van der Waals surface area contributed by atoms with Crippen LogP contribution in [0.25, 0.3) is 0 Å². The van der Waals surface area contributed by atoms with Gasteiger partial charge in [-0.05, 0) is 25.1 Å². The lowest BCUT2D eigenvalue weighted by Gasteiger charge is -2.26. The van der Waals surface area contributed by atoms with Crippen molar-refractivity contribution in [2.45, 2.75) is 23.2 Å². The Morgan fingerprint density at radius 1 is 1.17 bits per heavy atom. The Hall–Kier alpha value is -1.70. The van der Waals surface area contributed by atoms with Gasteiger partial charge in [-0.25, -0.2) is 8.42 Å². The number of aliphatic hydroxyl groups is 1. The fourth-order valence-electron chi connectivity index (χ4n) is 2.22. The second kappa shape index (κ2) is 7.04. The predicted octanol–water partition coefficient (Wildman–Crippen LogP) is 3.66. The number of anilines is 1. The first-order valence-electron chi connectivity index (χ1n) is 6.98. The highest BCUT2D eigenvalue weighted by molar-refractivity contribution is 7.91. The van der Waals surface area contributed by atoms with Crippen LogP contribution in [0, 0.1) is 0 Å². The Labute approximate surface area is 144 Å². The third-order valence-electron chi connectivity index (χ3n) is 3.51. The minimum absolute atomic E-state index is 0.00914. The highest BCUT2D eigenvalue weighted by Crippen LogP contribution is 2.30. The van der Waals surface area contributed by atoms with E-state index in [0.717, 1.165) is 6.07 Å². The molecule has 4 nitrogen and oxygen atoms in total. The molecule has 2 N–H and O–H groups in total. The molecule has 0 saturated heterocycles. The molecule has 2 aromatic carbocycles. The minimum atomic E-state index is -4.75. The molecule has 0 amide bonds. The number of halogens is 3. The fourth-order valence-corrected chi connectivity index (χ4v) is 3.46. The lowest BCUT2D eigenvalue weighted by molar-refractivity contribution is 0.0716. The zero-order valence-corrected chi connectivity index (χ0v) is 14.3. The van der Waals surface area contributed by atoms with Gasteiger partial charge in [-0.2, -0.15) is 8.78 Å². The van der Waals surface area contributed by atoms with Crippen LogP contribution in [-0.4, -0.2) is 25.8 Å². The SMILES string of the molecule is CC(O)(CNc1ccccc1S(=O)(=O)C(F)F)c1ccccc1Cl. The van der Waals surface area contributed by atoms with Gasteiger partial charge in [0.05, 0.1) is 10.6 Å². The van der Waals surface area contributed by atoms with Crippen molar-refractivity contribution in [2.75, 3.05) is 11.9 Å². The number of alkyl halides is 2. The van der Waals surface area contributed by atoms with Crippen LogP contribution in [0.15, 0.2) is 53.4 Å². The molecule has 2 rings (SSSR count). The van der Waals surface area contributed by atoms with Crippen molar-refractivity contribution in [3.05, 3.63) is 59.1 Å². The first-order valence-corrected chi connectivity index (χ1v) is 8.91. The van der Waals surface area contributed by atoms with E-state index in [1.165, 1.54) is 25.1 Å². The van der Waals surface area contributed by atoms with Crippen LogP contribution in [0.1, 0.15) is 12.5 Å². The molecule has 24 heavy (non-hydrogen) atoms. The Morgan fingerprint density at radius 2 is 1.75 bits per heavy atom. The summed E-state index contributed by atoms with van der Waals surface area (Å²) in [6.07, 6.45) is 0. The van der Waals surface area contributed by atoms with E-state index in [9.17, 15) is 22.3 Å². The number of para-hydroxylation sites is 1. The predicted molar refractivity (Wildman–Crippen MR) is 89.1 cm³/mol. The zero-order valence-electron chi connectivity index (χ0n) is 12.7. The van der Waals surface area contributed by atoms with E-state index in [0.29, 0.717) is 10.6 Å². The van der Waals surface area contributed by atoms with Gasteiger partial charge in [0.1, 0.15) is 5.60 Å². The first kappa shape index (κ1) is 18.6. The second-order valence-corrected chi connectivity index (χ2v) is 7.70. The second-order valence-electron chi connectivity index (χ2n) is 5.41. The molecule has 1 atom stereocenters. The van der Waals surface area contributed by atoms with Gasteiger partial charge in [0.15, 0.2) is 0 Å². The number of sulfone groups is 1. The third-order valence-corrected chi connectivity index (χ3v) is 5.27. The third kappa shape index (κ3) is 3.85. The van der Waals surface area contributed by atoms with Crippen molar-refractivity contribution in [3.63, 3.8) is 0 Å². The van der Waals surface area contributed by atoms with Crippen LogP contribution in [-0.2, 0) is 15.4 Å². The molecule has 0 radical (unpaired) electrons. The average molecular weight is 376 g/mol. The molecule has 1 unspecified atom stereocenters. The van der Waals surface area contributed by atoms with Crippen LogP contribution < -0.4 is 5.32 Å². The van der Waals surface area contributed by atoms with Gasteiger partial charge in [0.25, 0.3) is 0 Å². The quantitative estimate of drug-likeness (QED) is 0.808. The minimum Gasteiger partial charge on any atom is -0.384 e. The standard InChI is InChI=1S/C16H16ClF2NO3S/c1-16(21,11-6-2-3-7-12(11)17)10-20-13-8-4-5-9-14(13)24(22,23)15(18)19/h2-9,15,20-21H,10H2,1H3. The van der Waals surface area contributed by atoms with E-state index in [2.05, 4.69) is 5.32 Å². The Kier molecular flexibility index (Phi) is 5.47. The van der Waals surface area contributed by atoms with Crippen molar-refractivity contribution in [1.82, 2.24) is 0 Å². The molecule has 0 aliphatic rings. The summed E-state index contributed by atoms with van der Waals surface area (Å²) in [5.74, 6) is -3.52. The van der Waals surface area contributed by atoms with Crippen molar-refractivity contribution in [3.8, 4) is 0 Å². The van der Waals surface area contributed by atoms with Gasteiger partial charge in [0.2, 0.25) is 9.84 Å². The van der Waals surface area contributed by atoms with Crippen LogP contribution in [0.2, 0.25) is 5.02 Å². The van der Waals surface area contributed by atoms with Gasteiger partial charge in [-0.15, -0.1) is 0 Å². The molecule has 130 valence electrons. The van der Waals surface area contributed by atoms with Crippen LogP contribution >= 0.6 is 11.6 Å². The highest BCUT2D eigenvalue weighted by atomic mass is 35.5. The average Bonchev–Trinajstić information content (AvgIpc) is 2.53. The summed E-state index contributed by atoms with van der Waals surface area (Å²) in [7, 11) is -4.75. The summed E-state index contributed by atoms with van der Waals surface area (Å²) < 4.78 is 49.0. The number of hydrogen-bond donors (Lipinski definition) is 2. The van der Waals surface area contributed by atoms with E-state index in [4.69, 9.17) is 11.6 Å². The van der Waals surface area contributed by atoms with Gasteiger partial charge in [0, 0.05) is 17.1 Å². The van der Waals surface area contributed by atoms with Crippen molar-refractivity contribution in [1.29, 1.82) is 0 Å². The van der Waals surface area contributed by atoms with E-state index in [1.54, 1.807) is 24.3 Å². The first-order chi connectivity index (χ1) is 11.2. The van der Waals surface area contributed by atoms with E-state index in [1.807, 2.05) is 0 Å². The van der Waals surface area contributed by atoms with Gasteiger partial charge in [-0.1, -0.05) is 41.9 Å². The molecule has 0 bridgehead atoms. The Morgan fingerprint density at radius 3 is 2.38 bits per heavy atom. The fraction of sp³-hybridized carbons (Fsp3) is 0.250. The molecule has 0 saturated carbocycles. The lowest BCUT2D eigenvalue weighted by Crippen LogP contribution is -2.31. The van der Waals surface area contributed by atoms with E-state index < -0.39 is 26.1 Å². The molecule has 2 aromatic rings. The molecule has 0 spiro atoms. The summed E-state index contributed by atoms with van der Waals surface area (Å²) in [6, 6.07) is 12.0. The monoisotopic (exact) mass is 375 g/mol. The molecule has 0 aliphatic heterocycles. The smallest absolute Gasteiger partial charge is 0.341 e. The van der Waals surface area contributed by atoms with E-state index in [-0.39, 0.29) is 12.2 Å². The molecule has 0 aromatic heterocycles. The molecular weight excluding hydrogens is 360 g/mol. The summed E-state index contributed by atoms with van der Waals surface area (Å²) in [4.78, 5) is -0.519. The van der Waals surface area contributed by atoms with Crippen LogP contribution in [0.4, 0.5) is 14.5 Å². The number of rotatable bonds is 6. The van der Waals surface area contributed by atoms with Crippen molar-refractivity contribution >= 4 is 27.1 Å².